The van der Waals surface area contributed by atoms with Crippen molar-refractivity contribution in [2.24, 2.45) is 5.73 Å². The van der Waals surface area contributed by atoms with Gasteiger partial charge in [-0.15, -0.1) is 0 Å². The minimum absolute atomic E-state index is 0.672. The molecule has 0 saturated heterocycles. The van der Waals surface area contributed by atoms with Crippen LogP contribution in [0.25, 0.3) is 5.57 Å². The fourth-order valence-corrected chi connectivity index (χ4v) is 3.33. The van der Waals surface area contributed by atoms with E-state index in [4.69, 9.17) is 15.9 Å². The topological polar surface area (TPSA) is 100 Å². The summed E-state index contributed by atoms with van der Waals surface area (Å²) < 4.78 is 5.32. The summed E-state index contributed by atoms with van der Waals surface area (Å²) in [6.45, 7) is 1.53. The molecular formula is C22H22N6O. The number of hydrogen-bond acceptors (Lipinski definition) is 7. The largest absolute Gasteiger partial charge is 0.497 e. The van der Waals surface area contributed by atoms with Gasteiger partial charge in [-0.2, -0.15) is 4.98 Å². The summed E-state index contributed by atoms with van der Waals surface area (Å²) in [6, 6.07) is 15.7. The van der Waals surface area contributed by atoms with Gasteiger partial charge in [-0.1, -0.05) is 18.2 Å². The number of methoxy groups -OCH3 is 1. The second-order valence-corrected chi connectivity index (χ2v) is 6.70. The summed E-state index contributed by atoms with van der Waals surface area (Å²) in [5.74, 6) is 2.26. The molecule has 0 unspecified atom stereocenters. The highest BCUT2D eigenvalue weighted by Gasteiger charge is 2.21. The smallest absolute Gasteiger partial charge is 0.227 e. The van der Waals surface area contributed by atoms with Gasteiger partial charge in [0.2, 0.25) is 5.95 Å². The van der Waals surface area contributed by atoms with E-state index in [1.54, 1.807) is 13.3 Å². The molecule has 29 heavy (non-hydrogen) atoms. The summed E-state index contributed by atoms with van der Waals surface area (Å²) in [5, 5.41) is 10.7. The van der Waals surface area contributed by atoms with Crippen molar-refractivity contribution in [2.75, 3.05) is 17.3 Å². The Morgan fingerprint density at radius 1 is 1.14 bits per heavy atom. The Balaban J connectivity index is 1.49. The number of anilines is 3. The fraction of sp³-hybridized carbons (Fsp3) is 0.136. The van der Waals surface area contributed by atoms with Crippen molar-refractivity contribution >= 4 is 29.2 Å². The van der Waals surface area contributed by atoms with Gasteiger partial charge in [0.15, 0.2) is 0 Å². The van der Waals surface area contributed by atoms with E-state index < -0.39 is 0 Å². The van der Waals surface area contributed by atoms with E-state index in [0.29, 0.717) is 11.5 Å². The second-order valence-electron chi connectivity index (χ2n) is 6.70. The van der Waals surface area contributed by atoms with Crippen LogP contribution in [-0.4, -0.2) is 23.3 Å². The molecule has 3 aromatic rings. The van der Waals surface area contributed by atoms with Crippen LogP contribution in [0.15, 0.2) is 60.9 Å². The highest BCUT2D eigenvalue weighted by Crippen LogP contribution is 2.29. The van der Waals surface area contributed by atoms with Gasteiger partial charge < -0.3 is 26.1 Å². The summed E-state index contributed by atoms with van der Waals surface area (Å²) in [7, 11) is 1.68. The van der Waals surface area contributed by atoms with Gasteiger partial charge in [-0.05, 0) is 47.0 Å². The molecule has 4 N–H and O–H groups in total. The third-order valence-electron chi connectivity index (χ3n) is 4.89. The van der Waals surface area contributed by atoms with Crippen molar-refractivity contribution < 1.29 is 4.74 Å². The Bertz CT molecular complexity index is 1060. The molecule has 7 nitrogen and oxygen atoms in total. The molecule has 0 radical (unpaired) electrons. The Morgan fingerprint density at radius 2 is 1.93 bits per heavy atom. The first-order valence-electron chi connectivity index (χ1n) is 9.24. The molecule has 1 aromatic heterocycles. The number of benzene rings is 2. The predicted octanol–water partition coefficient (Wildman–Crippen LogP) is 3.70. The molecule has 2 aromatic carbocycles. The number of nitrogens with zero attached hydrogens (tertiary/aromatic N) is 3. The van der Waals surface area contributed by atoms with Crippen molar-refractivity contribution in [1.82, 2.24) is 9.97 Å². The first kappa shape index (κ1) is 18.5. The van der Waals surface area contributed by atoms with Crippen LogP contribution in [0.5, 0.6) is 5.75 Å². The number of hydrogen-bond donors (Lipinski definition) is 3. The third-order valence-corrected chi connectivity index (χ3v) is 4.89. The summed E-state index contributed by atoms with van der Waals surface area (Å²) >= 11 is 0. The number of allylic oxidation sites excluding steroid dienone is 1. The first-order valence-corrected chi connectivity index (χ1v) is 9.24. The number of nitrogens with one attached hydrogen (secondary N) is 2. The maximum atomic E-state index is 7.39. The van der Waals surface area contributed by atoms with Gasteiger partial charge in [0.25, 0.3) is 0 Å². The van der Waals surface area contributed by atoms with Crippen molar-refractivity contribution in [1.29, 1.82) is 5.41 Å². The number of fused-ring (bicyclic) bond motifs is 1. The minimum Gasteiger partial charge on any atom is -0.497 e. The van der Waals surface area contributed by atoms with Crippen LogP contribution < -0.4 is 20.7 Å². The van der Waals surface area contributed by atoms with E-state index in [1.807, 2.05) is 36.4 Å². The van der Waals surface area contributed by atoms with E-state index in [1.165, 1.54) is 23.5 Å². The minimum atomic E-state index is 0.672. The molecule has 0 aliphatic carbocycles. The number of nitrogens with two attached hydrogens (primary N) is 1. The average Bonchev–Trinajstić information content (AvgIpc) is 3.19. The first-order chi connectivity index (χ1) is 14.2. The molecule has 2 heterocycles. The molecule has 0 amide bonds. The highest BCUT2D eigenvalue weighted by molar-refractivity contribution is 6.08. The van der Waals surface area contributed by atoms with E-state index >= 15 is 0 Å². The lowest BCUT2D eigenvalue weighted by molar-refractivity contribution is 0.414. The summed E-state index contributed by atoms with van der Waals surface area (Å²) in [4.78, 5) is 11.3. The molecule has 4 rings (SSSR count). The molecule has 1 aliphatic rings. The van der Waals surface area contributed by atoms with Gasteiger partial charge in [0, 0.05) is 43.0 Å². The standard InChI is InChI=1S/C22H22N6O/c1-29-20-7-4-16-13-28(14-17(16)10-20)22-25-9-8-21(27-22)26-19-5-2-15(3-6-19)18(11-23)12-24/h2-12,23H,13-14,24H2,1H3,(H,25,26,27)/b18-12+,23-11?. The van der Waals surface area contributed by atoms with E-state index in [9.17, 15) is 0 Å². The quantitative estimate of drug-likeness (QED) is 0.559. The molecule has 7 heteroatoms. The lowest BCUT2D eigenvalue weighted by atomic mass is 10.1. The average molecular weight is 386 g/mol. The van der Waals surface area contributed by atoms with Crippen LogP contribution in [0, 0.1) is 5.41 Å². The predicted molar refractivity (Wildman–Crippen MR) is 116 cm³/mol. The zero-order valence-electron chi connectivity index (χ0n) is 16.1. The Morgan fingerprint density at radius 3 is 2.66 bits per heavy atom. The monoisotopic (exact) mass is 386 g/mol. The van der Waals surface area contributed by atoms with Gasteiger partial charge in [-0.25, -0.2) is 4.98 Å². The Labute approximate surface area is 169 Å². The van der Waals surface area contributed by atoms with Crippen LogP contribution in [0.1, 0.15) is 16.7 Å². The third kappa shape index (κ3) is 3.89. The zero-order chi connectivity index (χ0) is 20.2. The van der Waals surface area contributed by atoms with Gasteiger partial charge in [0.05, 0.1) is 7.11 Å². The number of ether oxygens (including phenoxy) is 1. The number of aromatic nitrogens is 2. The van der Waals surface area contributed by atoms with E-state index in [2.05, 4.69) is 32.3 Å². The molecule has 0 fully saturated rings. The van der Waals surface area contributed by atoms with E-state index in [0.717, 1.165) is 35.9 Å². The maximum Gasteiger partial charge on any atom is 0.227 e. The normalized spacial score (nSPS) is 13.1. The molecule has 0 saturated carbocycles. The van der Waals surface area contributed by atoms with Crippen LogP contribution in [0.2, 0.25) is 0 Å². The van der Waals surface area contributed by atoms with Crippen LogP contribution in [-0.2, 0) is 13.1 Å². The fourth-order valence-electron chi connectivity index (χ4n) is 3.33. The van der Waals surface area contributed by atoms with Crippen molar-refractivity contribution in [3.8, 4) is 5.75 Å². The lowest BCUT2D eigenvalue weighted by Gasteiger charge is -2.16. The Hall–Kier alpha value is -3.87. The van der Waals surface area contributed by atoms with Crippen molar-refractivity contribution in [2.45, 2.75) is 13.1 Å². The second kappa shape index (κ2) is 8.02. The van der Waals surface area contributed by atoms with Gasteiger partial charge in [-0.3, -0.25) is 0 Å². The molecule has 146 valence electrons. The van der Waals surface area contributed by atoms with Crippen molar-refractivity contribution in [3.63, 3.8) is 0 Å². The SMILES string of the molecule is COc1ccc2c(c1)CN(c1nccc(Nc3ccc(/C(C=N)=C/N)cc3)n1)C2. The van der Waals surface area contributed by atoms with Crippen LogP contribution in [0.3, 0.4) is 0 Å². The number of rotatable bonds is 6. The molecule has 1 aliphatic heterocycles. The van der Waals surface area contributed by atoms with Crippen LogP contribution >= 0.6 is 0 Å². The highest BCUT2D eigenvalue weighted by atomic mass is 16.5. The van der Waals surface area contributed by atoms with E-state index in [-0.39, 0.29) is 0 Å². The van der Waals surface area contributed by atoms with Gasteiger partial charge >= 0.3 is 0 Å². The van der Waals surface area contributed by atoms with Crippen LogP contribution in [0.4, 0.5) is 17.5 Å². The lowest BCUT2D eigenvalue weighted by Crippen LogP contribution is -2.17. The molecule has 0 atom stereocenters. The van der Waals surface area contributed by atoms with Crippen molar-refractivity contribution in [3.05, 3.63) is 77.6 Å². The molecule has 0 spiro atoms. The molecular weight excluding hydrogens is 364 g/mol. The summed E-state index contributed by atoms with van der Waals surface area (Å²) in [5.41, 5.74) is 10.5. The Kier molecular flexibility index (Phi) is 5.11. The summed E-state index contributed by atoms with van der Waals surface area (Å²) in [6.07, 6.45) is 4.42. The molecule has 0 bridgehead atoms. The van der Waals surface area contributed by atoms with Gasteiger partial charge in [0.1, 0.15) is 11.6 Å². The maximum absolute atomic E-state index is 7.39. The zero-order valence-corrected chi connectivity index (χ0v) is 16.1.